The number of rotatable bonds is 2. The Kier molecular flexibility index (Phi) is 3.56. The van der Waals surface area contributed by atoms with E-state index in [-0.39, 0.29) is 6.23 Å². The van der Waals surface area contributed by atoms with E-state index in [9.17, 15) is 0 Å². The van der Waals surface area contributed by atoms with Gasteiger partial charge in [-0.3, -0.25) is 0 Å². The van der Waals surface area contributed by atoms with E-state index >= 15 is 0 Å². The van der Waals surface area contributed by atoms with Crippen LogP contribution in [0.2, 0.25) is 0 Å². The maximum absolute atomic E-state index is 6.14. The van der Waals surface area contributed by atoms with Crippen LogP contribution in [0.4, 0.5) is 5.69 Å². The number of allylic oxidation sites excluding steroid dienone is 3. The van der Waals surface area contributed by atoms with Gasteiger partial charge in [-0.15, -0.1) is 0 Å². The van der Waals surface area contributed by atoms with Crippen LogP contribution in [-0.2, 0) is 0 Å². The third-order valence-electron chi connectivity index (χ3n) is 4.30. The predicted molar refractivity (Wildman–Crippen MR) is 88.7 cm³/mol. The van der Waals surface area contributed by atoms with E-state index in [1.807, 2.05) is 6.07 Å². The Morgan fingerprint density at radius 3 is 2.76 bits per heavy atom. The Morgan fingerprint density at radius 1 is 1.29 bits per heavy atom. The monoisotopic (exact) mass is 283 g/mol. The lowest BCUT2D eigenvalue weighted by Crippen LogP contribution is -2.33. The maximum Gasteiger partial charge on any atom is 0.192 e. The minimum atomic E-state index is 0.0281. The van der Waals surface area contributed by atoms with Gasteiger partial charge in [0.2, 0.25) is 0 Å². The molecule has 1 aromatic carbocycles. The Morgan fingerprint density at radius 2 is 2.05 bits per heavy atom. The van der Waals surface area contributed by atoms with E-state index in [0.717, 1.165) is 18.7 Å². The van der Waals surface area contributed by atoms with Crippen molar-refractivity contribution in [3.63, 3.8) is 0 Å². The zero-order valence-electron chi connectivity index (χ0n) is 13.5. The van der Waals surface area contributed by atoms with Gasteiger partial charge in [0.15, 0.2) is 6.23 Å². The number of ether oxygens (including phenoxy) is 1. The summed E-state index contributed by atoms with van der Waals surface area (Å²) in [6.45, 7) is 10.1. The smallest absolute Gasteiger partial charge is 0.192 e. The highest BCUT2D eigenvalue weighted by molar-refractivity contribution is 5.63. The van der Waals surface area contributed by atoms with E-state index in [2.05, 4.69) is 62.9 Å². The lowest BCUT2D eigenvalue weighted by Gasteiger charge is -2.31. The van der Waals surface area contributed by atoms with Crippen molar-refractivity contribution in [2.24, 2.45) is 5.41 Å². The summed E-state index contributed by atoms with van der Waals surface area (Å²) in [5.74, 6) is 0.997. The first kappa shape index (κ1) is 14.2. The molecule has 2 aliphatic rings. The molecule has 2 heteroatoms. The Hall–Kier alpha value is -1.70. The number of para-hydroxylation sites is 2. The number of likely N-dealkylation sites (N-methyl/N-ethyl adjacent to an activating group) is 1. The van der Waals surface area contributed by atoms with Crippen molar-refractivity contribution in [3.8, 4) is 5.75 Å². The van der Waals surface area contributed by atoms with E-state index < -0.39 is 0 Å². The Labute approximate surface area is 128 Å². The van der Waals surface area contributed by atoms with Gasteiger partial charge in [-0.2, -0.15) is 0 Å². The minimum Gasteiger partial charge on any atom is -0.465 e. The summed E-state index contributed by atoms with van der Waals surface area (Å²) >= 11 is 0. The third kappa shape index (κ3) is 2.85. The summed E-state index contributed by atoms with van der Waals surface area (Å²) in [6, 6.07) is 8.32. The molecule has 3 rings (SSSR count). The van der Waals surface area contributed by atoms with Crippen molar-refractivity contribution >= 4 is 5.69 Å². The van der Waals surface area contributed by atoms with Crippen molar-refractivity contribution in [2.75, 3.05) is 11.4 Å². The molecule has 21 heavy (non-hydrogen) atoms. The summed E-state index contributed by atoms with van der Waals surface area (Å²) in [4.78, 5) is 2.33. The quantitative estimate of drug-likeness (QED) is 0.763. The number of hydrogen-bond acceptors (Lipinski definition) is 2. The molecular formula is C19H25NO. The molecule has 1 aliphatic carbocycles. The molecule has 1 aromatic rings. The van der Waals surface area contributed by atoms with Gasteiger partial charge in [-0.05, 0) is 55.9 Å². The van der Waals surface area contributed by atoms with Crippen molar-refractivity contribution in [3.05, 3.63) is 47.6 Å². The van der Waals surface area contributed by atoms with Crippen LogP contribution >= 0.6 is 0 Å². The molecule has 2 nitrogen and oxygen atoms in total. The number of hydrogen-bond donors (Lipinski definition) is 0. The summed E-state index contributed by atoms with van der Waals surface area (Å²) < 4.78 is 6.14. The van der Waals surface area contributed by atoms with Crippen LogP contribution in [0.3, 0.4) is 0 Å². The van der Waals surface area contributed by atoms with Crippen LogP contribution in [0.1, 0.15) is 40.5 Å². The number of benzene rings is 1. The lowest BCUT2D eigenvalue weighted by molar-refractivity contribution is 0.271. The van der Waals surface area contributed by atoms with Gasteiger partial charge in [-0.25, -0.2) is 0 Å². The molecule has 112 valence electrons. The highest BCUT2D eigenvalue weighted by Crippen LogP contribution is 2.40. The normalized spacial score (nSPS) is 25.5. The molecule has 1 atom stereocenters. The van der Waals surface area contributed by atoms with Gasteiger partial charge in [0.1, 0.15) is 5.75 Å². The van der Waals surface area contributed by atoms with Crippen LogP contribution in [-0.4, -0.2) is 12.8 Å². The second-order valence-electron chi connectivity index (χ2n) is 7.01. The first-order chi connectivity index (χ1) is 9.98. The fourth-order valence-corrected chi connectivity index (χ4v) is 3.68. The molecule has 1 aliphatic heterocycles. The largest absolute Gasteiger partial charge is 0.465 e. The average Bonchev–Trinajstić information content (AvgIpc) is 2.73. The standard InChI is InChI=1S/C19H25NO/c1-5-20-16-8-6-7-9-17(16)21-18(20)11-15-10-14(2)12-19(3,4)13-15/h6-11,18H,5,12-13H2,1-4H3/b15-11+. The van der Waals surface area contributed by atoms with Crippen LogP contribution in [0.15, 0.2) is 47.6 Å². The van der Waals surface area contributed by atoms with E-state index in [4.69, 9.17) is 4.74 Å². The molecule has 0 aromatic heterocycles. The van der Waals surface area contributed by atoms with Crippen LogP contribution in [0, 0.1) is 5.41 Å². The third-order valence-corrected chi connectivity index (χ3v) is 4.30. The molecule has 0 N–H and O–H groups in total. The van der Waals surface area contributed by atoms with Crippen LogP contribution in [0.5, 0.6) is 5.75 Å². The molecule has 0 radical (unpaired) electrons. The highest BCUT2D eigenvalue weighted by atomic mass is 16.5. The zero-order valence-corrected chi connectivity index (χ0v) is 13.5. The predicted octanol–water partition coefficient (Wildman–Crippen LogP) is 4.92. The maximum atomic E-state index is 6.14. The van der Waals surface area contributed by atoms with Gasteiger partial charge >= 0.3 is 0 Å². The fourth-order valence-electron chi connectivity index (χ4n) is 3.68. The molecule has 1 unspecified atom stereocenters. The van der Waals surface area contributed by atoms with Crippen LogP contribution < -0.4 is 9.64 Å². The highest BCUT2D eigenvalue weighted by Gasteiger charge is 2.30. The second kappa shape index (κ2) is 5.25. The molecule has 0 saturated carbocycles. The number of fused-ring (bicyclic) bond motifs is 1. The van der Waals surface area contributed by atoms with E-state index in [1.165, 1.54) is 23.3 Å². The summed E-state index contributed by atoms with van der Waals surface area (Å²) in [6.07, 6.45) is 6.98. The molecule has 0 bridgehead atoms. The van der Waals surface area contributed by atoms with Crippen molar-refractivity contribution < 1.29 is 4.74 Å². The summed E-state index contributed by atoms with van der Waals surface area (Å²) in [7, 11) is 0. The van der Waals surface area contributed by atoms with Crippen LogP contribution in [0.25, 0.3) is 0 Å². The van der Waals surface area contributed by atoms with Gasteiger partial charge < -0.3 is 9.64 Å². The fraction of sp³-hybridized carbons (Fsp3) is 0.474. The molecule has 0 saturated heterocycles. The van der Waals surface area contributed by atoms with Gasteiger partial charge in [-0.1, -0.05) is 37.6 Å². The molecule has 1 heterocycles. The number of anilines is 1. The van der Waals surface area contributed by atoms with Gasteiger partial charge in [0, 0.05) is 6.54 Å². The Balaban J connectivity index is 1.89. The Bertz CT molecular complexity index is 597. The molecule has 0 amide bonds. The second-order valence-corrected chi connectivity index (χ2v) is 7.01. The molecule has 0 fully saturated rings. The molecule has 0 spiro atoms. The van der Waals surface area contributed by atoms with Crippen molar-refractivity contribution in [1.82, 2.24) is 0 Å². The van der Waals surface area contributed by atoms with Crippen molar-refractivity contribution in [1.29, 1.82) is 0 Å². The van der Waals surface area contributed by atoms with Crippen molar-refractivity contribution in [2.45, 2.75) is 46.8 Å². The minimum absolute atomic E-state index is 0.0281. The van der Waals surface area contributed by atoms with Gasteiger partial charge in [0.25, 0.3) is 0 Å². The summed E-state index contributed by atoms with van der Waals surface area (Å²) in [5, 5.41) is 0. The summed E-state index contributed by atoms with van der Waals surface area (Å²) in [5.41, 5.74) is 4.43. The molecular weight excluding hydrogens is 258 g/mol. The first-order valence-electron chi connectivity index (χ1n) is 7.89. The lowest BCUT2D eigenvalue weighted by atomic mass is 9.75. The van der Waals surface area contributed by atoms with E-state index in [0.29, 0.717) is 5.41 Å². The SMILES string of the molecule is CCN1c2ccccc2OC1/C=C1\C=C(C)CC(C)(C)C1. The topological polar surface area (TPSA) is 12.5 Å². The zero-order chi connectivity index (χ0) is 15.0. The number of nitrogens with zero attached hydrogens (tertiary/aromatic N) is 1. The van der Waals surface area contributed by atoms with E-state index in [1.54, 1.807) is 0 Å². The van der Waals surface area contributed by atoms with Gasteiger partial charge in [0.05, 0.1) is 5.69 Å². The average molecular weight is 283 g/mol. The first-order valence-corrected chi connectivity index (χ1v) is 7.89.